The molecule has 8 nitrogen and oxygen atoms in total. The number of nitrogens with one attached hydrogen (secondary N) is 2. The van der Waals surface area contributed by atoms with Crippen molar-refractivity contribution in [2.75, 3.05) is 0 Å². The quantitative estimate of drug-likeness (QED) is 0.344. The Morgan fingerprint density at radius 1 is 0.767 bits per heavy atom. The van der Waals surface area contributed by atoms with Crippen LogP contribution in [0.3, 0.4) is 0 Å². The van der Waals surface area contributed by atoms with E-state index in [0.29, 0.717) is 0 Å². The number of rotatable bonds is 7. The van der Waals surface area contributed by atoms with Gasteiger partial charge in [-0.15, -0.1) is 0 Å². The van der Waals surface area contributed by atoms with Gasteiger partial charge in [-0.05, 0) is 24.3 Å². The number of phenols is 2. The van der Waals surface area contributed by atoms with Gasteiger partial charge in [0.05, 0.1) is 22.5 Å². The number of hydrazone groups is 2. The lowest BCUT2D eigenvalue weighted by atomic mass is 10.2. The number of benzene rings is 2. The molecule has 0 saturated heterocycles. The van der Waals surface area contributed by atoms with Crippen LogP contribution in [0.25, 0.3) is 0 Å². The molecule has 0 unspecified atom stereocenters. The van der Waals surface area contributed by atoms with Crippen LogP contribution in [0.1, 0.15) is 24.0 Å². The number of amides is 2. The number of carbonyl (C=O) groups is 2. The van der Waals surface area contributed by atoms with Gasteiger partial charge in [-0.1, -0.05) is 46.4 Å². The van der Waals surface area contributed by atoms with Crippen molar-refractivity contribution < 1.29 is 19.8 Å². The SMILES string of the molecule is O=C(CCC(=O)N/N=C/c1cc(Cl)cc(Cl)c1O)N/N=C\c1cc(Cl)cc(Cl)c1O. The van der Waals surface area contributed by atoms with Crippen LogP contribution in [0.4, 0.5) is 0 Å². The molecular formula is C18H14Cl4N4O4. The zero-order valence-electron chi connectivity index (χ0n) is 15.0. The third-order valence-corrected chi connectivity index (χ3v) is 4.49. The molecule has 158 valence electrons. The van der Waals surface area contributed by atoms with E-state index in [-0.39, 0.29) is 55.6 Å². The molecule has 0 aliphatic heterocycles. The molecule has 0 bridgehead atoms. The molecule has 0 fully saturated rings. The van der Waals surface area contributed by atoms with Gasteiger partial charge in [0.2, 0.25) is 11.8 Å². The number of nitrogens with zero attached hydrogens (tertiary/aromatic N) is 2. The molecule has 2 aromatic carbocycles. The van der Waals surface area contributed by atoms with E-state index in [2.05, 4.69) is 21.1 Å². The molecule has 12 heteroatoms. The number of halogens is 4. The van der Waals surface area contributed by atoms with E-state index >= 15 is 0 Å². The lowest BCUT2D eigenvalue weighted by molar-refractivity contribution is -0.126. The topological polar surface area (TPSA) is 123 Å². The first-order chi connectivity index (χ1) is 14.2. The lowest BCUT2D eigenvalue weighted by Gasteiger charge is -2.03. The summed E-state index contributed by atoms with van der Waals surface area (Å²) in [6, 6.07) is 5.54. The first-order valence-corrected chi connectivity index (χ1v) is 9.68. The van der Waals surface area contributed by atoms with Crippen molar-refractivity contribution in [3.63, 3.8) is 0 Å². The van der Waals surface area contributed by atoms with Gasteiger partial charge in [0.25, 0.3) is 0 Å². The summed E-state index contributed by atoms with van der Waals surface area (Å²) in [5.41, 5.74) is 4.84. The number of hydrogen-bond acceptors (Lipinski definition) is 6. The number of hydrogen-bond donors (Lipinski definition) is 4. The highest BCUT2D eigenvalue weighted by Gasteiger charge is 2.09. The van der Waals surface area contributed by atoms with Gasteiger partial charge in [-0.3, -0.25) is 9.59 Å². The minimum Gasteiger partial charge on any atom is -0.506 e. The Labute approximate surface area is 191 Å². The van der Waals surface area contributed by atoms with E-state index in [1.807, 2.05) is 0 Å². The Morgan fingerprint density at radius 3 is 1.50 bits per heavy atom. The maximum absolute atomic E-state index is 11.8. The van der Waals surface area contributed by atoms with Gasteiger partial charge < -0.3 is 10.2 Å². The normalized spacial score (nSPS) is 11.2. The summed E-state index contributed by atoms with van der Waals surface area (Å²) in [5, 5.41) is 27.6. The molecule has 0 spiro atoms. The third kappa shape index (κ3) is 7.07. The summed E-state index contributed by atoms with van der Waals surface area (Å²) < 4.78 is 0. The van der Waals surface area contributed by atoms with Crippen LogP contribution in [0, 0.1) is 0 Å². The van der Waals surface area contributed by atoms with Gasteiger partial charge in [-0.25, -0.2) is 10.9 Å². The van der Waals surface area contributed by atoms with Gasteiger partial charge in [0.1, 0.15) is 11.5 Å². The fraction of sp³-hybridized carbons (Fsp3) is 0.111. The Kier molecular flexibility index (Phi) is 8.73. The van der Waals surface area contributed by atoms with Crippen LogP contribution in [0.2, 0.25) is 20.1 Å². The maximum Gasteiger partial charge on any atom is 0.240 e. The minimum absolute atomic E-state index is 0.0425. The Balaban J connectivity index is 1.80. The highest BCUT2D eigenvalue weighted by Crippen LogP contribution is 2.30. The van der Waals surface area contributed by atoms with Crippen LogP contribution in [0.15, 0.2) is 34.5 Å². The van der Waals surface area contributed by atoms with E-state index in [9.17, 15) is 19.8 Å². The summed E-state index contributed by atoms with van der Waals surface area (Å²) in [7, 11) is 0. The van der Waals surface area contributed by atoms with Crippen LogP contribution in [-0.2, 0) is 9.59 Å². The molecule has 0 aliphatic rings. The van der Waals surface area contributed by atoms with E-state index in [4.69, 9.17) is 46.4 Å². The predicted molar refractivity (Wildman–Crippen MR) is 117 cm³/mol. The Morgan fingerprint density at radius 2 is 1.13 bits per heavy atom. The zero-order valence-corrected chi connectivity index (χ0v) is 18.0. The van der Waals surface area contributed by atoms with Crippen molar-refractivity contribution in [3.05, 3.63) is 55.5 Å². The van der Waals surface area contributed by atoms with Crippen molar-refractivity contribution in [2.24, 2.45) is 10.2 Å². The molecule has 0 radical (unpaired) electrons. The lowest BCUT2D eigenvalue weighted by Crippen LogP contribution is -2.22. The molecule has 4 N–H and O–H groups in total. The van der Waals surface area contributed by atoms with Crippen LogP contribution < -0.4 is 10.9 Å². The van der Waals surface area contributed by atoms with E-state index in [0.717, 1.165) is 12.4 Å². The molecule has 0 saturated carbocycles. The largest absolute Gasteiger partial charge is 0.506 e. The molecule has 30 heavy (non-hydrogen) atoms. The molecule has 0 aromatic heterocycles. The Hall–Kier alpha value is -2.52. The second-order valence-corrected chi connectivity index (χ2v) is 7.42. The van der Waals surface area contributed by atoms with Crippen molar-refractivity contribution in [2.45, 2.75) is 12.8 Å². The van der Waals surface area contributed by atoms with Crippen molar-refractivity contribution in [3.8, 4) is 11.5 Å². The summed E-state index contributed by atoms with van der Waals surface area (Å²) in [6.45, 7) is 0. The third-order valence-electron chi connectivity index (χ3n) is 3.48. The average molecular weight is 492 g/mol. The van der Waals surface area contributed by atoms with Gasteiger partial charge in [-0.2, -0.15) is 10.2 Å². The number of phenolic OH excluding ortho intramolecular Hbond substituents is 2. The van der Waals surface area contributed by atoms with Gasteiger partial charge in [0.15, 0.2) is 0 Å². The average Bonchev–Trinajstić information content (AvgIpc) is 2.67. The summed E-state index contributed by atoms with van der Waals surface area (Å²) >= 11 is 23.2. The number of carbonyl (C=O) groups excluding carboxylic acids is 2. The summed E-state index contributed by atoms with van der Waals surface area (Å²) in [4.78, 5) is 23.5. The summed E-state index contributed by atoms with van der Waals surface area (Å²) in [6.07, 6.45) is 1.99. The van der Waals surface area contributed by atoms with E-state index < -0.39 is 11.8 Å². The van der Waals surface area contributed by atoms with Gasteiger partial charge >= 0.3 is 0 Å². The van der Waals surface area contributed by atoms with Crippen LogP contribution in [0.5, 0.6) is 11.5 Å². The van der Waals surface area contributed by atoms with Crippen molar-refractivity contribution in [1.82, 2.24) is 10.9 Å². The van der Waals surface area contributed by atoms with E-state index in [1.165, 1.54) is 24.3 Å². The molecule has 2 rings (SSSR count). The first-order valence-electron chi connectivity index (χ1n) is 8.17. The van der Waals surface area contributed by atoms with E-state index in [1.54, 1.807) is 0 Å². The van der Waals surface area contributed by atoms with Crippen LogP contribution in [-0.4, -0.2) is 34.5 Å². The van der Waals surface area contributed by atoms with Crippen molar-refractivity contribution >= 4 is 70.6 Å². The smallest absolute Gasteiger partial charge is 0.240 e. The monoisotopic (exact) mass is 490 g/mol. The zero-order chi connectivity index (χ0) is 22.3. The molecule has 0 heterocycles. The second kappa shape index (κ2) is 11.0. The minimum atomic E-state index is -0.544. The molecule has 0 atom stereocenters. The molecule has 2 amide bonds. The fourth-order valence-electron chi connectivity index (χ4n) is 2.06. The van der Waals surface area contributed by atoms with Crippen molar-refractivity contribution in [1.29, 1.82) is 0 Å². The molecule has 0 aliphatic carbocycles. The van der Waals surface area contributed by atoms with Crippen LogP contribution >= 0.6 is 46.4 Å². The number of aromatic hydroxyl groups is 2. The molecular weight excluding hydrogens is 478 g/mol. The van der Waals surface area contributed by atoms with Gasteiger partial charge in [0, 0.05) is 34.0 Å². The standard InChI is InChI=1S/C18H14Cl4N4O4/c19-11-3-9(17(29)13(21)5-11)7-23-25-15(27)1-2-16(28)26-24-8-10-4-12(20)6-14(22)18(10)30/h3-8,29-30H,1-2H2,(H,25,27)(H,26,28)/b23-7-,24-8+. The predicted octanol–water partition coefficient (Wildman–Crippen LogP) is 4.09. The first kappa shape index (κ1) is 23.8. The maximum atomic E-state index is 11.8. The fourth-order valence-corrected chi connectivity index (χ4v) is 3.07. The Bertz CT molecular complexity index is 946. The summed E-state index contributed by atoms with van der Waals surface area (Å²) in [5.74, 6) is -1.55. The highest BCUT2D eigenvalue weighted by molar-refractivity contribution is 6.36. The highest BCUT2D eigenvalue weighted by atomic mass is 35.5. The molecule has 2 aromatic rings. The second-order valence-electron chi connectivity index (χ2n) is 5.74.